The Morgan fingerprint density at radius 2 is 1.33 bits per heavy atom. The predicted molar refractivity (Wildman–Crippen MR) is 59.0 cm³/mol. The minimum absolute atomic E-state index is 0.565. The molecule has 0 radical (unpaired) electrons. The van der Waals surface area contributed by atoms with E-state index in [9.17, 15) is 25.2 Å². The summed E-state index contributed by atoms with van der Waals surface area (Å²) in [5.41, 5.74) is 0. The van der Waals surface area contributed by atoms with Crippen LogP contribution in [0.3, 0.4) is 0 Å². The Bertz CT molecular complexity index is 357. The number of imidazole rings is 1. The van der Waals surface area contributed by atoms with Gasteiger partial charge in [0.15, 0.2) is 0 Å². The topological polar surface area (TPSA) is 8.81 Å². The van der Waals surface area contributed by atoms with Crippen LogP contribution in [0.25, 0.3) is 0 Å². The zero-order valence-electron chi connectivity index (χ0n) is 10.5. The number of aromatic nitrogens is 2. The molecule has 0 spiro atoms. The summed E-state index contributed by atoms with van der Waals surface area (Å²) in [5.74, 6) is 0. The van der Waals surface area contributed by atoms with E-state index in [1.54, 1.807) is 0 Å². The average Bonchev–Trinajstić information content (AvgIpc) is 2.44. The van der Waals surface area contributed by atoms with Crippen LogP contribution in [0.1, 0.15) is 39.8 Å². The molecule has 0 fully saturated rings. The Labute approximate surface area is 101 Å². The second-order valence-electron chi connectivity index (χ2n) is 4.45. The molecule has 9 heteroatoms. The molecule has 0 aliphatic carbocycles. The summed E-state index contributed by atoms with van der Waals surface area (Å²) in [7, 11) is -10.7. The van der Waals surface area contributed by atoms with Gasteiger partial charge in [-0.3, -0.25) is 0 Å². The van der Waals surface area contributed by atoms with Crippen LogP contribution in [0.15, 0.2) is 18.7 Å². The molecule has 110 valence electrons. The second kappa shape index (κ2) is 4.40. The summed E-state index contributed by atoms with van der Waals surface area (Å²) >= 11 is 0. The van der Waals surface area contributed by atoms with Crippen LogP contribution in [0.4, 0.5) is 25.2 Å². The molecular formula is C9H17F6N2P. The fourth-order valence-electron chi connectivity index (χ4n) is 0.996. The van der Waals surface area contributed by atoms with Gasteiger partial charge in [-0.25, -0.2) is 9.13 Å². The molecule has 2 nitrogen and oxygen atoms in total. The SMILES string of the molecule is CC(C)n1cc[n+](C(C)C)c1.F[P-](F)(F)(F)(F)F. The monoisotopic (exact) mass is 298 g/mol. The molecule has 0 saturated carbocycles. The van der Waals surface area contributed by atoms with Crippen molar-refractivity contribution in [3.8, 4) is 0 Å². The maximum atomic E-state index is 9.87. The normalized spacial score (nSPS) is 16.0. The van der Waals surface area contributed by atoms with Crippen LogP contribution >= 0.6 is 7.81 Å². The first-order valence-corrected chi connectivity index (χ1v) is 7.23. The molecule has 0 N–H and O–H groups in total. The number of halogens is 6. The van der Waals surface area contributed by atoms with E-state index in [1.807, 2.05) is 0 Å². The summed E-state index contributed by atoms with van der Waals surface area (Å²) in [6, 6.07) is 1.13. The molecular weight excluding hydrogens is 281 g/mol. The zero-order valence-corrected chi connectivity index (χ0v) is 11.4. The van der Waals surface area contributed by atoms with E-state index in [0.717, 1.165) is 0 Å². The van der Waals surface area contributed by atoms with E-state index in [0.29, 0.717) is 12.1 Å². The van der Waals surface area contributed by atoms with Crippen molar-refractivity contribution in [3.05, 3.63) is 18.7 Å². The van der Waals surface area contributed by atoms with Crippen LogP contribution in [0.5, 0.6) is 0 Å². The first-order chi connectivity index (χ1) is 7.56. The van der Waals surface area contributed by atoms with Gasteiger partial charge in [-0.2, -0.15) is 0 Å². The quantitative estimate of drug-likeness (QED) is 0.397. The van der Waals surface area contributed by atoms with Crippen molar-refractivity contribution >= 4 is 7.81 Å². The second-order valence-corrected chi connectivity index (χ2v) is 6.37. The molecule has 0 aliphatic heterocycles. The third-order valence-electron chi connectivity index (χ3n) is 1.87. The Balaban J connectivity index is 0.000000360. The van der Waals surface area contributed by atoms with E-state index in [4.69, 9.17) is 0 Å². The molecule has 0 aromatic carbocycles. The van der Waals surface area contributed by atoms with Crippen LogP contribution < -0.4 is 4.57 Å². The van der Waals surface area contributed by atoms with Crippen molar-refractivity contribution in [2.24, 2.45) is 0 Å². The van der Waals surface area contributed by atoms with Crippen LogP contribution in [0, 0.1) is 0 Å². The molecule has 0 unspecified atom stereocenters. The third kappa shape index (κ3) is 11.7. The Kier molecular flexibility index (Phi) is 4.21. The standard InChI is InChI=1S/C9H17N2.F6P/c1-8(2)10-5-6-11(7-10)9(3)4;1-7(2,3,4,5)6/h5-9H,1-4H3;/q+1;-1. The van der Waals surface area contributed by atoms with Crippen molar-refractivity contribution in [2.75, 3.05) is 0 Å². The van der Waals surface area contributed by atoms with Gasteiger partial charge in [0.25, 0.3) is 0 Å². The molecule has 18 heavy (non-hydrogen) atoms. The van der Waals surface area contributed by atoms with Gasteiger partial charge in [0, 0.05) is 0 Å². The van der Waals surface area contributed by atoms with Gasteiger partial charge < -0.3 is 0 Å². The van der Waals surface area contributed by atoms with Crippen molar-refractivity contribution in [1.29, 1.82) is 0 Å². The number of hydrogen-bond donors (Lipinski definition) is 0. The van der Waals surface area contributed by atoms with E-state index in [1.165, 1.54) is 0 Å². The van der Waals surface area contributed by atoms with Crippen molar-refractivity contribution < 1.29 is 29.7 Å². The molecule has 1 heterocycles. The van der Waals surface area contributed by atoms with E-state index >= 15 is 0 Å². The summed E-state index contributed by atoms with van der Waals surface area (Å²) in [5, 5.41) is 0. The molecule has 1 rings (SSSR count). The Morgan fingerprint density at radius 3 is 1.50 bits per heavy atom. The summed E-state index contributed by atoms with van der Waals surface area (Å²) in [6.45, 7) is 8.74. The molecule has 0 amide bonds. The average molecular weight is 298 g/mol. The Hall–Kier alpha value is -0.780. The molecule has 0 aliphatic rings. The van der Waals surface area contributed by atoms with Gasteiger partial charge in [-0.15, -0.1) is 0 Å². The fraction of sp³-hybridized carbons (Fsp3) is 0.667. The summed E-state index contributed by atoms with van der Waals surface area (Å²) in [6.07, 6.45) is 6.38. The number of nitrogens with zero attached hydrogens (tertiary/aromatic N) is 2. The van der Waals surface area contributed by atoms with E-state index < -0.39 is 7.81 Å². The van der Waals surface area contributed by atoms with E-state index in [2.05, 4.69) is 55.6 Å². The van der Waals surface area contributed by atoms with Gasteiger partial charge in [-0.1, -0.05) is 0 Å². The molecule has 0 atom stereocenters. The minimum atomic E-state index is -10.7. The first kappa shape index (κ1) is 17.2. The number of hydrogen-bond acceptors (Lipinski definition) is 0. The fourth-order valence-corrected chi connectivity index (χ4v) is 0.996. The first-order valence-electron chi connectivity index (χ1n) is 5.21. The van der Waals surface area contributed by atoms with Crippen molar-refractivity contribution in [1.82, 2.24) is 4.57 Å². The Morgan fingerprint density at radius 1 is 0.944 bits per heavy atom. The van der Waals surface area contributed by atoms with Gasteiger partial charge in [0.2, 0.25) is 6.33 Å². The number of rotatable bonds is 2. The maximum absolute atomic E-state index is 10.7. The molecule has 1 aromatic rings. The van der Waals surface area contributed by atoms with Gasteiger partial charge in [0.1, 0.15) is 12.4 Å². The van der Waals surface area contributed by atoms with Gasteiger partial charge in [0.05, 0.1) is 12.1 Å². The summed E-state index contributed by atoms with van der Waals surface area (Å²) in [4.78, 5) is 0. The molecule has 0 saturated heterocycles. The molecule has 1 aromatic heterocycles. The third-order valence-corrected chi connectivity index (χ3v) is 1.87. The van der Waals surface area contributed by atoms with Crippen LogP contribution in [-0.4, -0.2) is 4.57 Å². The summed E-state index contributed by atoms with van der Waals surface area (Å²) < 4.78 is 63.6. The van der Waals surface area contributed by atoms with Gasteiger partial charge in [-0.05, 0) is 27.7 Å². The van der Waals surface area contributed by atoms with E-state index in [-0.39, 0.29) is 0 Å². The van der Waals surface area contributed by atoms with Crippen LogP contribution in [0.2, 0.25) is 0 Å². The van der Waals surface area contributed by atoms with Crippen LogP contribution in [-0.2, 0) is 0 Å². The van der Waals surface area contributed by atoms with Crippen molar-refractivity contribution in [3.63, 3.8) is 0 Å². The van der Waals surface area contributed by atoms with Crippen molar-refractivity contribution in [2.45, 2.75) is 39.8 Å². The van der Waals surface area contributed by atoms with Gasteiger partial charge >= 0.3 is 33.0 Å². The zero-order chi connectivity index (χ0) is 14.8. The molecule has 0 bridgehead atoms. The predicted octanol–water partition coefficient (Wildman–Crippen LogP) is 5.32.